The number of halogens is 1. The maximum atomic E-state index is 9.91. The van der Waals surface area contributed by atoms with E-state index in [1.807, 2.05) is 18.4 Å². The van der Waals surface area contributed by atoms with Gasteiger partial charge in [0.15, 0.2) is 0 Å². The fourth-order valence-corrected chi connectivity index (χ4v) is 2.83. The van der Waals surface area contributed by atoms with Crippen molar-refractivity contribution in [1.29, 1.82) is 0 Å². The highest BCUT2D eigenvalue weighted by Gasteiger charge is 2.07. The van der Waals surface area contributed by atoms with Crippen molar-refractivity contribution in [3.05, 3.63) is 28.9 Å². The summed E-state index contributed by atoms with van der Waals surface area (Å²) >= 11 is 4.96. The van der Waals surface area contributed by atoms with Gasteiger partial charge in [-0.25, -0.2) is 4.98 Å². The molecular weight excluding hydrogens is 376 g/mol. The number of phenolic OH excluding ortho intramolecular Hbond substituents is 1. The summed E-state index contributed by atoms with van der Waals surface area (Å²) in [6.07, 6.45) is 7.14. The molecule has 0 amide bonds. The number of hydrogen-bond donors (Lipinski definition) is 3. The van der Waals surface area contributed by atoms with Gasteiger partial charge in [-0.05, 0) is 40.7 Å². The molecule has 0 atom stereocenters. The lowest BCUT2D eigenvalue weighted by atomic mass is 10.2. The van der Waals surface area contributed by atoms with Gasteiger partial charge in [0.2, 0.25) is 5.95 Å². The molecule has 3 N–H and O–H groups in total. The zero-order valence-electron chi connectivity index (χ0n) is 13.3. The van der Waals surface area contributed by atoms with E-state index in [2.05, 4.69) is 43.5 Å². The molecule has 0 bridgehead atoms. The molecule has 5 nitrogen and oxygen atoms in total. The monoisotopic (exact) mass is 396 g/mol. The third kappa shape index (κ3) is 5.28. The van der Waals surface area contributed by atoms with E-state index in [1.54, 1.807) is 12.3 Å². The number of aromatic nitrogens is 2. The molecule has 2 rings (SSSR count). The molecule has 0 aliphatic rings. The summed E-state index contributed by atoms with van der Waals surface area (Å²) in [5.41, 5.74) is 0.750. The van der Waals surface area contributed by atoms with E-state index in [4.69, 9.17) is 0 Å². The molecule has 0 saturated heterocycles. The Morgan fingerprint density at radius 3 is 2.83 bits per heavy atom. The minimum Gasteiger partial charge on any atom is -0.507 e. The second kappa shape index (κ2) is 8.98. The van der Waals surface area contributed by atoms with E-state index < -0.39 is 0 Å². The van der Waals surface area contributed by atoms with Crippen LogP contribution in [0, 0.1) is 0 Å². The second-order valence-corrected chi connectivity index (χ2v) is 6.74. The number of nitrogens with one attached hydrogen (secondary N) is 2. The Labute approximate surface area is 149 Å². The summed E-state index contributed by atoms with van der Waals surface area (Å²) in [5.74, 6) is 1.50. The third-order valence-corrected chi connectivity index (χ3v) is 4.62. The smallest absolute Gasteiger partial charge is 0.229 e. The van der Waals surface area contributed by atoms with Crippen LogP contribution in [-0.2, 0) is 0 Å². The fraction of sp³-hybridized carbons (Fsp3) is 0.375. The number of thioether (sulfide) groups is 1. The van der Waals surface area contributed by atoms with Crippen LogP contribution in [0.2, 0.25) is 0 Å². The van der Waals surface area contributed by atoms with Crippen molar-refractivity contribution in [3.8, 4) is 5.75 Å². The first-order chi connectivity index (χ1) is 11.1. The van der Waals surface area contributed by atoms with Crippen LogP contribution in [0.25, 0.3) is 0 Å². The maximum Gasteiger partial charge on any atom is 0.229 e. The van der Waals surface area contributed by atoms with Crippen molar-refractivity contribution in [2.24, 2.45) is 0 Å². The van der Waals surface area contributed by atoms with Crippen molar-refractivity contribution in [1.82, 2.24) is 9.97 Å². The molecule has 1 aromatic carbocycles. The van der Waals surface area contributed by atoms with Gasteiger partial charge < -0.3 is 15.7 Å². The largest absolute Gasteiger partial charge is 0.507 e. The number of unbranched alkanes of at least 4 members (excludes halogenated alkanes) is 2. The molecule has 23 heavy (non-hydrogen) atoms. The Hall–Kier alpha value is -1.47. The van der Waals surface area contributed by atoms with Gasteiger partial charge in [0.05, 0.1) is 4.47 Å². The summed E-state index contributed by atoms with van der Waals surface area (Å²) in [6, 6.07) is 5.43. The van der Waals surface area contributed by atoms with Crippen LogP contribution >= 0.6 is 27.7 Å². The van der Waals surface area contributed by atoms with E-state index in [1.165, 1.54) is 24.6 Å². The van der Waals surface area contributed by atoms with E-state index >= 15 is 0 Å². The lowest BCUT2D eigenvalue weighted by molar-refractivity contribution is 0.463. The quantitative estimate of drug-likeness (QED) is 0.430. The predicted octanol–water partition coefficient (Wildman–Crippen LogP) is 5.01. The van der Waals surface area contributed by atoms with Gasteiger partial charge in [0.25, 0.3) is 0 Å². The molecule has 0 radical (unpaired) electrons. The molecule has 1 aromatic heterocycles. The standard InChI is InChI=1S/C16H21BrN4OS/c1-3-4-5-8-18-15-12(17)10-19-16(21-15)20-11-6-7-14(23-2)13(22)9-11/h6-7,9-10,22H,3-5,8H2,1-2H3,(H2,18,19,20,21). The number of benzene rings is 1. The Kier molecular flexibility index (Phi) is 6.98. The number of nitrogens with zero attached hydrogens (tertiary/aromatic N) is 2. The molecule has 0 aliphatic carbocycles. The third-order valence-electron chi connectivity index (χ3n) is 3.25. The molecule has 2 aromatic rings. The van der Waals surface area contributed by atoms with Gasteiger partial charge in [-0.15, -0.1) is 11.8 Å². The van der Waals surface area contributed by atoms with Crippen LogP contribution in [-0.4, -0.2) is 27.9 Å². The molecular formula is C16H21BrN4OS. The second-order valence-electron chi connectivity index (χ2n) is 5.04. The van der Waals surface area contributed by atoms with Crippen LogP contribution < -0.4 is 10.6 Å². The first-order valence-corrected chi connectivity index (χ1v) is 9.56. The normalized spacial score (nSPS) is 10.6. The molecule has 7 heteroatoms. The Morgan fingerprint density at radius 1 is 1.30 bits per heavy atom. The van der Waals surface area contributed by atoms with Crippen molar-refractivity contribution in [2.45, 2.75) is 31.1 Å². The maximum absolute atomic E-state index is 9.91. The van der Waals surface area contributed by atoms with Crippen LogP contribution in [0.1, 0.15) is 26.2 Å². The molecule has 124 valence electrons. The topological polar surface area (TPSA) is 70.1 Å². The summed E-state index contributed by atoms with van der Waals surface area (Å²) in [7, 11) is 0. The van der Waals surface area contributed by atoms with Gasteiger partial charge >= 0.3 is 0 Å². The minimum absolute atomic E-state index is 0.248. The van der Waals surface area contributed by atoms with Crippen LogP contribution in [0.5, 0.6) is 5.75 Å². The Bertz CT molecular complexity index is 654. The highest BCUT2D eigenvalue weighted by Crippen LogP contribution is 2.30. The molecule has 0 aliphatic heterocycles. The fourth-order valence-electron chi connectivity index (χ4n) is 2.03. The van der Waals surface area contributed by atoms with Crippen LogP contribution in [0.4, 0.5) is 17.5 Å². The first kappa shape index (κ1) is 17.9. The summed E-state index contributed by atoms with van der Waals surface area (Å²) in [4.78, 5) is 9.56. The van der Waals surface area contributed by atoms with Gasteiger partial charge in [0.1, 0.15) is 11.6 Å². The van der Waals surface area contributed by atoms with Crippen molar-refractivity contribution in [3.63, 3.8) is 0 Å². The lowest BCUT2D eigenvalue weighted by Gasteiger charge is -2.11. The van der Waals surface area contributed by atoms with Crippen molar-refractivity contribution < 1.29 is 5.11 Å². The lowest BCUT2D eigenvalue weighted by Crippen LogP contribution is -2.06. The van der Waals surface area contributed by atoms with Crippen LogP contribution in [0.15, 0.2) is 33.8 Å². The average Bonchev–Trinajstić information content (AvgIpc) is 2.54. The van der Waals surface area contributed by atoms with Gasteiger partial charge in [-0.2, -0.15) is 4.98 Å². The molecule has 0 saturated carbocycles. The highest BCUT2D eigenvalue weighted by molar-refractivity contribution is 9.10. The summed E-state index contributed by atoms with van der Waals surface area (Å²) in [6.45, 7) is 3.06. The summed E-state index contributed by atoms with van der Waals surface area (Å²) in [5, 5.41) is 16.3. The van der Waals surface area contributed by atoms with E-state index in [0.717, 1.165) is 33.8 Å². The minimum atomic E-state index is 0.248. The van der Waals surface area contributed by atoms with E-state index in [-0.39, 0.29) is 5.75 Å². The predicted molar refractivity (Wildman–Crippen MR) is 101 cm³/mol. The SMILES string of the molecule is CCCCCNc1nc(Nc2ccc(SC)c(O)c2)ncc1Br. The average molecular weight is 397 g/mol. The zero-order valence-corrected chi connectivity index (χ0v) is 15.7. The molecule has 0 unspecified atom stereocenters. The molecule has 0 spiro atoms. The van der Waals surface area contributed by atoms with Crippen molar-refractivity contribution in [2.75, 3.05) is 23.4 Å². The van der Waals surface area contributed by atoms with E-state index in [0.29, 0.717) is 5.95 Å². The molecule has 1 heterocycles. The highest BCUT2D eigenvalue weighted by atomic mass is 79.9. The number of aromatic hydroxyl groups is 1. The number of rotatable bonds is 8. The molecule has 0 fully saturated rings. The number of phenols is 1. The van der Waals surface area contributed by atoms with Crippen molar-refractivity contribution >= 4 is 45.1 Å². The van der Waals surface area contributed by atoms with E-state index in [9.17, 15) is 5.11 Å². The number of anilines is 3. The Balaban J connectivity index is 2.06. The van der Waals surface area contributed by atoms with Gasteiger partial charge in [0, 0.05) is 29.4 Å². The van der Waals surface area contributed by atoms with Gasteiger partial charge in [-0.3, -0.25) is 0 Å². The summed E-state index contributed by atoms with van der Waals surface area (Å²) < 4.78 is 0.833. The van der Waals surface area contributed by atoms with Crippen LogP contribution in [0.3, 0.4) is 0 Å². The first-order valence-electron chi connectivity index (χ1n) is 7.54. The zero-order chi connectivity index (χ0) is 16.7. The van der Waals surface area contributed by atoms with Gasteiger partial charge in [-0.1, -0.05) is 19.8 Å². The number of hydrogen-bond acceptors (Lipinski definition) is 6. The Morgan fingerprint density at radius 2 is 2.13 bits per heavy atom.